The third-order valence-corrected chi connectivity index (χ3v) is 3.26. The predicted octanol–water partition coefficient (Wildman–Crippen LogP) is 3.04. The van der Waals surface area contributed by atoms with Crippen molar-refractivity contribution < 1.29 is 14.4 Å². The summed E-state index contributed by atoms with van der Waals surface area (Å²) in [6.07, 6.45) is 0.484. The molecule has 0 bridgehead atoms. The molecular weight excluding hydrogens is 254 g/mol. The van der Waals surface area contributed by atoms with Crippen LogP contribution in [0.4, 0.5) is 0 Å². The summed E-state index contributed by atoms with van der Waals surface area (Å²) in [7, 11) is 1.66. The van der Waals surface area contributed by atoms with Crippen LogP contribution < -0.4 is 4.74 Å². The largest absolute Gasteiger partial charge is 0.497 e. The number of rotatable bonds is 4. The first-order chi connectivity index (χ1) is 9.80. The topological polar surface area (TPSA) is 55.5 Å². The van der Waals surface area contributed by atoms with Crippen molar-refractivity contribution in [1.82, 2.24) is 5.16 Å². The summed E-state index contributed by atoms with van der Waals surface area (Å²) in [5.41, 5.74) is 1.78. The van der Waals surface area contributed by atoms with E-state index >= 15 is 0 Å². The Hall–Kier alpha value is -2.33. The molecule has 20 heavy (non-hydrogen) atoms. The van der Waals surface area contributed by atoms with Crippen LogP contribution >= 0.6 is 0 Å². The average Bonchev–Trinajstić information content (AvgIpc) is 2.95. The molecule has 2 aromatic carbocycles. The lowest BCUT2D eigenvalue weighted by Crippen LogP contribution is -1.86. The van der Waals surface area contributed by atoms with Crippen molar-refractivity contribution in [2.45, 2.75) is 6.42 Å². The summed E-state index contributed by atoms with van der Waals surface area (Å²) in [6.45, 7) is 0.0617. The Kier molecular flexibility index (Phi) is 3.39. The van der Waals surface area contributed by atoms with Crippen LogP contribution in [0.15, 0.2) is 47.0 Å². The van der Waals surface area contributed by atoms with E-state index in [1.54, 1.807) is 7.11 Å². The molecule has 102 valence electrons. The molecule has 0 aliphatic rings. The number of nitrogens with zero attached hydrogens (tertiary/aromatic N) is 1. The van der Waals surface area contributed by atoms with Crippen LogP contribution in [0.25, 0.3) is 22.0 Å². The van der Waals surface area contributed by atoms with Crippen LogP contribution in [0, 0.1) is 0 Å². The Labute approximate surface area is 116 Å². The fraction of sp³-hybridized carbons (Fsp3) is 0.188. The number of hydrogen-bond donors (Lipinski definition) is 1. The Bertz CT molecular complexity index is 733. The maximum Gasteiger partial charge on any atom is 0.139 e. The zero-order chi connectivity index (χ0) is 13.9. The normalized spacial score (nSPS) is 10.9. The van der Waals surface area contributed by atoms with E-state index in [2.05, 4.69) is 11.2 Å². The summed E-state index contributed by atoms with van der Waals surface area (Å²) in [5.74, 6) is 1.54. The smallest absolute Gasteiger partial charge is 0.139 e. The van der Waals surface area contributed by atoms with Crippen molar-refractivity contribution >= 4 is 10.8 Å². The monoisotopic (exact) mass is 269 g/mol. The van der Waals surface area contributed by atoms with Crippen molar-refractivity contribution in [3.8, 4) is 17.0 Å². The van der Waals surface area contributed by atoms with Gasteiger partial charge >= 0.3 is 0 Å². The summed E-state index contributed by atoms with van der Waals surface area (Å²) < 4.78 is 10.4. The number of ether oxygens (including phenoxy) is 1. The number of aliphatic hydroxyl groups is 1. The molecule has 0 spiro atoms. The Morgan fingerprint density at radius 1 is 1.10 bits per heavy atom. The molecule has 0 amide bonds. The van der Waals surface area contributed by atoms with E-state index in [1.807, 2.05) is 36.4 Å². The second-order valence-electron chi connectivity index (χ2n) is 4.58. The van der Waals surface area contributed by atoms with Crippen molar-refractivity contribution in [2.75, 3.05) is 13.7 Å². The first-order valence-electron chi connectivity index (χ1n) is 6.45. The number of aliphatic hydroxyl groups excluding tert-OH is 1. The summed E-state index contributed by atoms with van der Waals surface area (Å²) in [4.78, 5) is 0. The van der Waals surface area contributed by atoms with Gasteiger partial charge in [0.15, 0.2) is 0 Å². The number of hydrogen-bond acceptors (Lipinski definition) is 4. The Morgan fingerprint density at radius 2 is 1.90 bits per heavy atom. The molecule has 4 nitrogen and oxygen atoms in total. The van der Waals surface area contributed by atoms with Gasteiger partial charge < -0.3 is 14.4 Å². The second kappa shape index (κ2) is 5.35. The van der Waals surface area contributed by atoms with Gasteiger partial charge in [-0.2, -0.15) is 0 Å². The molecule has 0 aliphatic carbocycles. The van der Waals surface area contributed by atoms with Gasteiger partial charge in [-0.15, -0.1) is 0 Å². The van der Waals surface area contributed by atoms with Gasteiger partial charge in [0.05, 0.1) is 13.7 Å². The lowest BCUT2D eigenvalue weighted by Gasteiger charge is -2.03. The third-order valence-electron chi connectivity index (χ3n) is 3.26. The van der Waals surface area contributed by atoms with Gasteiger partial charge in [0.25, 0.3) is 0 Å². The molecule has 1 heterocycles. The van der Waals surface area contributed by atoms with Crippen LogP contribution in [-0.2, 0) is 6.42 Å². The average molecular weight is 269 g/mol. The summed E-state index contributed by atoms with van der Waals surface area (Å²) in [6, 6.07) is 13.9. The van der Waals surface area contributed by atoms with Crippen LogP contribution in [0.3, 0.4) is 0 Å². The highest BCUT2D eigenvalue weighted by atomic mass is 16.5. The molecule has 0 fully saturated rings. The molecule has 0 atom stereocenters. The number of benzene rings is 2. The maximum absolute atomic E-state index is 8.89. The highest BCUT2D eigenvalue weighted by Gasteiger charge is 2.07. The van der Waals surface area contributed by atoms with Crippen LogP contribution in [0.1, 0.15) is 5.76 Å². The van der Waals surface area contributed by atoms with Gasteiger partial charge in [-0.1, -0.05) is 23.4 Å². The van der Waals surface area contributed by atoms with E-state index in [0.717, 1.165) is 27.8 Å². The van der Waals surface area contributed by atoms with Crippen LogP contribution in [0.2, 0.25) is 0 Å². The minimum atomic E-state index is 0.0617. The summed E-state index contributed by atoms with van der Waals surface area (Å²) in [5, 5.41) is 15.2. The standard InChI is InChI=1S/C16H15NO3/c1-19-14-5-4-11-8-13(3-2-12(11)9-14)16-10-15(6-7-18)20-17-16/h2-5,8-10,18H,6-7H2,1H3. The molecule has 1 N–H and O–H groups in total. The molecule has 4 heteroatoms. The lowest BCUT2D eigenvalue weighted by atomic mass is 10.0. The molecule has 0 aliphatic heterocycles. The van der Waals surface area contributed by atoms with Crippen molar-refractivity contribution in [3.05, 3.63) is 48.2 Å². The Morgan fingerprint density at radius 3 is 2.70 bits per heavy atom. The second-order valence-corrected chi connectivity index (χ2v) is 4.58. The minimum Gasteiger partial charge on any atom is -0.497 e. The highest BCUT2D eigenvalue weighted by Crippen LogP contribution is 2.26. The molecule has 0 saturated heterocycles. The Balaban J connectivity index is 1.99. The van der Waals surface area contributed by atoms with Gasteiger partial charge in [0.2, 0.25) is 0 Å². The highest BCUT2D eigenvalue weighted by molar-refractivity contribution is 5.87. The first kappa shape index (κ1) is 12.7. The predicted molar refractivity (Wildman–Crippen MR) is 76.8 cm³/mol. The quantitative estimate of drug-likeness (QED) is 0.791. The van der Waals surface area contributed by atoms with E-state index in [9.17, 15) is 0 Å². The SMILES string of the molecule is COc1ccc2cc(-c3cc(CCO)on3)ccc2c1. The minimum absolute atomic E-state index is 0.0617. The lowest BCUT2D eigenvalue weighted by molar-refractivity contribution is 0.277. The van der Waals surface area contributed by atoms with Crippen LogP contribution in [-0.4, -0.2) is 24.0 Å². The maximum atomic E-state index is 8.89. The number of fused-ring (bicyclic) bond motifs is 1. The molecular formula is C16H15NO3. The summed E-state index contributed by atoms with van der Waals surface area (Å²) >= 11 is 0. The fourth-order valence-corrected chi connectivity index (χ4v) is 2.19. The van der Waals surface area contributed by atoms with Crippen molar-refractivity contribution in [1.29, 1.82) is 0 Å². The van der Waals surface area contributed by atoms with E-state index in [1.165, 1.54) is 0 Å². The van der Waals surface area contributed by atoms with Crippen molar-refractivity contribution in [3.63, 3.8) is 0 Å². The van der Waals surface area contributed by atoms with Gasteiger partial charge in [-0.3, -0.25) is 0 Å². The van der Waals surface area contributed by atoms with E-state index in [4.69, 9.17) is 14.4 Å². The third kappa shape index (κ3) is 2.38. The fourth-order valence-electron chi connectivity index (χ4n) is 2.19. The molecule has 1 aromatic heterocycles. The van der Waals surface area contributed by atoms with Crippen LogP contribution in [0.5, 0.6) is 5.75 Å². The number of methoxy groups -OCH3 is 1. The molecule has 3 aromatic rings. The van der Waals surface area contributed by atoms with Crippen molar-refractivity contribution in [2.24, 2.45) is 0 Å². The first-order valence-corrected chi connectivity index (χ1v) is 6.45. The zero-order valence-corrected chi connectivity index (χ0v) is 11.2. The number of aromatic nitrogens is 1. The van der Waals surface area contributed by atoms with E-state index < -0.39 is 0 Å². The van der Waals surface area contributed by atoms with E-state index in [0.29, 0.717) is 12.2 Å². The molecule has 0 saturated carbocycles. The van der Waals surface area contributed by atoms with E-state index in [-0.39, 0.29) is 6.61 Å². The molecule has 0 unspecified atom stereocenters. The molecule has 0 radical (unpaired) electrons. The van der Waals surface area contributed by atoms with Gasteiger partial charge in [-0.25, -0.2) is 0 Å². The van der Waals surface area contributed by atoms with Gasteiger partial charge in [0, 0.05) is 18.1 Å². The van der Waals surface area contributed by atoms with Gasteiger partial charge in [0.1, 0.15) is 17.2 Å². The zero-order valence-electron chi connectivity index (χ0n) is 11.2. The van der Waals surface area contributed by atoms with Gasteiger partial charge in [-0.05, 0) is 29.0 Å². The molecule has 3 rings (SSSR count).